The summed E-state index contributed by atoms with van der Waals surface area (Å²) in [5, 5.41) is 15.2. The van der Waals surface area contributed by atoms with E-state index in [4.69, 9.17) is 22.5 Å². The first-order valence-corrected chi connectivity index (χ1v) is 7.53. The molecule has 1 aromatic heterocycles. The highest BCUT2D eigenvalue weighted by Crippen LogP contribution is 2.27. The Labute approximate surface area is 123 Å². The van der Waals surface area contributed by atoms with Crippen molar-refractivity contribution in [3.05, 3.63) is 21.3 Å². The van der Waals surface area contributed by atoms with Crippen LogP contribution < -0.4 is 11.1 Å². The predicted octanol–water partition coefficient (Wildman–Crippen LogP) is 3.60. The van der Waals surface area contributed by atoms with Gasteiger partial charge in [-0.25, -0.2) is 0 Å². The van der Waals surface area contributed by atoms with Crippen molar-refractivity contribution < 1.29 is 5.21 Å². The van der Waals surface area contributed by atoms with Crippen LogP contribution in [-0.2, 0) is 0 Å². The molecule has 0 aliphatic heterocycles. The van der Waals surface area contributed by atoms with Gasteiger partial charge in [0.2, 0.25) is 0 Å². The molecule has 19 heavy (non-hydrogen) atoms. The number of nitrogens with two attached hydrogens (primary N) is 1. The predicted molar refractivity (Wildman–Crippen MR) is 82.2 cm³/mol. The van der Waals surface area contributed by atoms with Gasteiger partial charge in [-0.15, -0.1) is 11.3 Å². The van der Waals surface area contributed by atoms with Gasteiger partial charge >= 0.3 is 0 Å². The molecule has 1 atom stereocenters. The van der Waals surface area contributed by atoms with Crippen molar-refractivity contribution in [3.8, 4) is 0 Å². The molecule has 1 rings (SSSR count). The molecule has 0 fully saturated rings. The summed E-state index contributed by atoms with van der Waals surface area (Å²) in [5.74, 6) is 0.283. The van der Waals surface area contributed by atoms with Crippen LogP contribution in [0.4, 0.5) is 0 Å². The highest BCUT2D eigenvalue weighted by Gasteiger charge is 2.22. The molecule has 0 aliphatic carbocycles. The van der Waals surface area contributed by atoms with Crippen molar-refractivity contribution in [2.45, 2.75) is 39.7 Å². The van der Waals surface area contributed by atoms with E-state index in [2.05, 4.69) is 17.4 Å². The molecule has 6 heteroatoms. The number of amidine groups is 1. The molecule has 108 valence electrons. The zero-order chi connectivity index (χ0) is 14.5. The van der Waals surface area contributed by atoms with Crippen LogP contribution in [0, 0.1) is 5.41 Å². The van der Waals surface area contributed by atoms with Crippen molar-refractivity contribution in [1.82, 2.24) is 5.32 Å². The summed E-state index contributed by atoms with van der Waals surface area (Å²) in [4.78, 5) is 1.24. The normalized spacial score (nSPS) is 14.6. The lowest BCUT2D eigenvalue weighted by molar-refractivity contribution is 0.304. The largest absolute Gasteiger partial charge is 0.409 e. The van der Waals surface area contributed by atoms with Crippen LogP contribution in [0.5, 0.6) is 0 Å². The van der Waals surface area contributed by atoms with Crippen molar-refractivity contribution >= 4 is 28.8 Å². The Balaban J connectivity index is 2.31. The van der Waals surface area contributed by atoms with Gasteiger partial charge in [0.25, 0.3) is 0 Å². The Morgan fingerprint density at radius 3 is 2.79 bits per heavy atom. The lowest BCUT2D eigenvalue weighted by Gasteiger charge is -2.23. The van der Waals surface area contributed by atoms with E-state index < -0.39 is 0 Å². The number of thiophene rings is 1. The van der Waals surface area contributed by atoms with Gasteiger partial charge < -0.3 is 16.3 Å². The lowest BCUT2D eigenvalue weighted by Crippen LogP contribution is -2.32. The monoisotopic (exact) mass is 303 g/mol. The molecule has 1 aromatic rings. The van der Waals surface area contributed by atoms with E-state index in [9.17, 15) is 0 Å². The molecule has 0 spiro atoms. The molecule has 0 saturated carbocycles. The second-order valence-corrected chi connectivity index (χ2v) is 7.04. The fourth-order valence-electron chi connectivity index (χ4n) is 1.77. The SMILES string of the molecule is CC(NCCCC(C)(C)C(N)=NO)c1ccc(Cl)s1. The van der Waals surface area contributed by atoms with Crippen LogP contribution in [-0.4, -0.2) is 17.6 Å². The molecule has 0 aromatic carbocycles. The lowest BCUT2D eigenvalue weighted by atomic mass is 9.86. The summed E-state index contributed by atoms with van der Waals surface area (Å²) in [6.45, 7) is 6.96. The molecule has 4 N–H and O–H groups in total. The van der Waals surface area contributed by atoms with Crippen molar-refractivity contribution in [2.75, 3.05) is 6.54 Å². The van der Waals surface area contributed by atoms with E-state index in [1.165, 1.54) is 4.88 Å². The smallest absolute Gasteiger partial charge is 0.144 e. The van der Waals surface area contributed by atoms with Crippen molar-refractivity contribution in [2.24, 2.45) is 16.3 Å². The summed E-state index contributed by atoms with van der Waals surface area (Å²) in [5.41, 5.74) is 5.38. The van der Waals surface area contributed by atoms with Crippen molar-refractivity contribution in [1.29, 1.82) is 0 Å². The van der Waals surface area contributed by atoms with Gasteiger partial charge in [-0.05, 0) is 38.4 Å². The quantitative estimate of drug-likeness (QED) is 0.237. The minimum Gasteiger partial charge on any atom is -0.409 e. The fraction of sp³-hybridized carbons (Fsp3) is 0.615. The Hall–Kier alpha value is -0.780. The van der Waals surface area contributed by atoms with Crippen LogP contribution in [0.15, 0.2) is 17.3 Å². The number of oxime groups is 1. The van der Waals surface area contributed by atoms with E-state index >= 15 is 0 Å². The summed E-state index contributed by atoms with van der Waals surface area (Å²) >= 11 is 7.52. The van der Waals surface area contributed by atoms with Gasteiger partial charge in [0, 0.05) is 16.3 Å². The second kappa shape index (κ2) is 7.12. The number of nitrogens with zero attached hydrogens (tertiary/aromatic N) is 1. The molecule has 0 amide bonds. The second-order valence-electron chi connectivity index (χ2n) is 5.29. The molecule has 0 aliphatic rings. The third-order valence-electron chi connectivity index (χ3n) is 3.25. The fourth-order valence-corrected chi connectivity index (χ4v) is 2.86. The number of nitrogens with one attached hydrogen (secondary N) is 1. The molecule has 0 saturated heterocycles. The Bertz CT molecular complexity index is 431. The maximum Gasteiger partial charge on any atom is 0.144 e. The zero-order valence-corrected chi connectivity index (χ0v) is 13.2. The summed E-state index contributed by atoms with van der Waals surface area (Å²) in [7, 11) is 0. The van der Waals surface area contributed by atoms with Crippen LogP contribution in [0.2, 0.25) is 4.34 Å². The average molecular weight is 304 g/mol. The van der Waals surface area contributed by atoms with Crippen LogP contribution in [0.1, 0.15) is 44.5 Å². The molecule has 0 bridgehead atoms. The molecule has 1 unspecified atom stereocenters. The average Bonchev–Trinajstić information content (AvgIpc) is 2.80. The number of hydrogen-bond donors (Lipinski definition) is 3. The third kappa shape index (κ3) is 5.01. The van der Waals surface area contributed by atoms with E-state index in [1.807, 2.05) is 26.0 Å². The minimum atomic E-state index is -0.272. The maximum atomic E-state index is 8.70. The molecular formula is C13H22ClN3OS. The van der Waals surface area contributed by atoms with E-state index in [1.54, 1.807) is 11.3 Å². The molecule has 4 nitrogen and oxygen atoms in total. The third-order valence-corrected chi connectivity index (χ3v) is 4.66. The van der Waals surface area contributed by atoms with Gasteiger partial charge in [-0.2, -0.15) is 0 Å². The first kappa shape index (κ1) is 16.3. The van der Waals surface area contributed by atoms with Gasteiger partial charge in [0.15, 0.2) is 0 Å². The van der Waals surface area contributed by atoms with Gasteiger partial charge in [-0.1, -0.05) is 30.6 Å². The first-order valence-electron chi connectivity index (χ1n) is 6.33. The van der Waals surface area contributed by atoms with Gasteiger partial charge in [0.05, 0.1) is 4.34 Å². The van der Waals surface area contributed by atoms with E-state index in [-0.39, 0.29) is 11.3 Å². The summed E-state index contributed by atoms with van der Waals surface area (Å²) < 4.78 is 0.816. The Kier molecular flexibility index (Phi) is 6.10. The van der Waals surface area contributed by atoms with E-state index in [0.29, 0.717) is 6.04 Å². The standard InChI is InChI=1S/C13H22ClN3OS/c1-9(10-5-6-11(14)19-10)16-8-4-7-13(2,3)12(15)17-18/h5-6,9,16,18H,4,7-8H2,1-3H3,(H2,15,17). The maximum absolute atomic E-state index is 8.70. The summed E-state index contributed by atoms with van der Waals surface area (Å²) in [6.07, 6.45) is 1.83. The Morgan fingerprint density at radius 1 is 1.58 bits per heavy atom. The Morgan fingerprint density at radius 2 is 2.26 bits per heavy atom. The minimum absolute atomic E-state index is 0.272. The summed E-state index contributed by atoms with van der Waals surface area (Å²) in [6, 6.07) is 4.26. The van der Waals surface area contributed by atoms with Crippen LogP contribution in [0.3, 0.4) is 0 Å². The first-order chi connectivity index (χ1) is 8.86. The van der Waals surface area contributed by atoms with E-state index in [0.717, 1.165) is 23.7 Å². The number of hydrogen-bond acceptors (Lipinski definition) is 4. The van der Waals surface area contributed by atoms with Crippen LogP contribution >= 0.6 is 22.9 Å². The molecule has 0 radical (unpaired) electrons. The topological polar surface area (TPSA) is 70.6 Å². The van der Waals surface area contributed by atoms with Gasteiger partial charge in [-0.3, -0.25) is 0 Å². The number of rotatable bonds is 7. The highest BCUT2D eigenvalue weighted by molar-refractivity contribution is 7.16. The molecular weight excluding hydrogens is 282 g/mol. The van der Waals surface area contributed by atoms with Gasteiger partial charge in [0.1, 0.15) is 5.84 Å². The van der Waals surface area contributed by atoms with Crippen LogP contribution in [0.25, 0.3) is 0 Å². The zero-order valence-electron chi connectivity index (χ0n) is 11.6. The van der Waals surface area contributed by atoms with Crippen molar-refractivity contribution in [3.63, 3.8) is 0 Å². The number of halogens is 1. The molecule has 1 heterocycles. The highest BCUT2D eigenvalue weighted by atomic mass is 35.5.